The van der Waals surface area contributed by atoms with E-state index in [0.29, 0.717) is 11.5 Å². The number of nitrogens with two attached hydrogens (primary N) is 1. The molecule has 100 valence electrons. The Morgan fingerprint density at radius 3 is 2.50 bits per heavy atom. The van der Waals surface area contributed by atoms with E-state index in [1.807, 2.05) is 24.3 Å². The molecule has 1 unspecified atom stereocenters. The van der Waals surface area contributed by atoms with Crippen molar-refractivity contribution in [3.05, 3.63) is 35.4 Å². The third-order valence-electron chi connectivity index (χ3n) is 3.57. The monoisotopic (exact) mass is 247 g/mol. The summed E-state index contributed by atoms with van der Waals surface area (Å²) in [5.74, 6) is 0.156. The molecule has 1 aromatic rings. The van der Waals surface area contributed by atoms with E-state index in [2.05, 4.69) is 13.8 Å². The molecule has 0 bridgehead atoms. The fourth-order valence-electron chi connectivity index (χ4n) is 2.47. The van der Waals surface area contributed by atoms with Crippen LogP contribution in [-0.4, -0.2) is 5.91 Å². The molecule has 0 fully saturated rings. The Balaban J connectivity index is 2.72. The van der Waals surface area contributed by atoms with E-state index in [0.717, 1.165) is 18.4 Å². The summed E-state index contributed by atoms with van der Waals surface area (Å²) >= 11 is 0. The third-order valence-corrected chi connectivity index (χ3v) is 3.57. The van der Waals surface area contributed by atoms with Gasteiger partial charge in [0.25, 0.3) is 0 Å². The van der Waals surface area contributed by atoms with E-state index >= 15 is 0 Å². The van der Waals surface area contributed by atoms with Crippen molar-refractivity contribution in [1.29, 1.82) is 0 Å². The predicted molar refractivity (Wildman–Crippen MR) is 76.8 cm³/mol. The van der Waals surface area contributed by atoms with Gasteiger partial charge < -0.3 is 5.73 Å². The number of benzene rings is 1. The zero-order chi connectivity index (χ0) is 13.4. The van der Waals surface area contributed by atoms with Crippen LogP contribution in [0.15, 0.2) is 24.3 Å². The molecule has 18 heavy (non-hydrogen) atoms. The second kappa shape index (κ2) is 7.91. The van der Waals surface area contributed by atoms with Crippen molar-refractivity contribution in [1.82, 2.24) is 0 Å². The second-order valence-corrected chi connectivity index (χ2v) is 4.91. The van der Waals surface area contributed by atoms with Crippen LogP contribution in [0.25, 0.3) is 0 Å². The van der Waals surface area contributed by atoms with E-state index < -0.39 is 0 Å². The topological polar surface area (TPSA) is 43.1 Å². The van der Waals surface area contributed by atoms with Crippen LogP contribution in [0.5, 0.6) is 0 Å². The third kappa shape index (κ3) is 4.17. The molecule has 0 aliphatic carbocycles. The summed E-state index contributed by atoms with van der Waals surface area (Å²) in [6, 6.07) is 7.77. The number of amides is 1. The van der Waals surface area contributed by atoms with Crippen LogP contribution in [-0.2, 0) is 0 Å². The van der Waals surface area contributed by atoms with Crippen LogP contribution >= 0.6 is 0 Å². The molecule has 0 saturated heterocycles. The van der Waals surface area contributed by atoms with E-state index in [-0.39, 0.29) is 5.91 Å². The lowest BCUT2D eigenvalue weighted by atomic mass is 9.87. The largest absolute Gasteiger partial charge is 0.366 e. The number of hydrogen-bond donors (Lipinski definition) is 1. The van der Waals surface area contributed by atoms with Crippen molar-refractivity contribution in [3.63, 3.8) is 0 Å². The van der Waals surface area contributed by atoms with Gasteiger partial charge >= 0.3 is 0 Å². The van der Waals surface area contributed by atoms with E-state index in [9.17, 15) is 4.79 Å². The van der Waals surface area contributed by atoms with E-state index in [4.69, 9.17) is 5.73 Å². The van der Waals surface area contributed by atoms with Crippen molar-refractivity contribution in [2.45, 2.75) is 58.3 Å². The van der Waals surface area contributed by atoms with Crippen LogP contribution in [0, 0.1) is 0 Å². The number of hydrogen-bond acceptors (Lipinski definition) is 1. The Morgan fingerprint density at radius 1 is 1.17 bits per heavy atom. The molecule has 0 aliphatic heterocycles. The minimum absolute atomic E-state index is 0.308. The van der Waals surface area contributed by atoms with Gasteiger partial charge in [-0.2, -0.15) is 0 Å². The summed E-state index contributed by atoms with van der Waals surface area (Å²) in [5.41, 5.74) is 7.27. The first kappa shape index (κ1) is 14.7. The lowest BCUT2D eigenvalue weighted by molar-refractivity contribution is 0.0999. The lowest BCUT2D eigenvalue weighted by Crippen LogP contribution is -2.15. The average molecular weight is 247 g/mol. The Bertz CT molecular complexity index is 373. The van der Waals surface area contributed by atoms with Gasteiger partial charge in [-0.1, -0.05) is 57.7 Å². The molecule has 0 aromatic heterocycles. The molecule has 1 amide bonds. The van der Waals surface area contributed by atoms with Crippen molar-refractivity contribution < 1.29 is 4.79 Å². The van der Waals surface area contributed by atoms with E-state index in [1.54, 1.807) is 0 Å². The van der Waals surface area contributed by atoms with Crippen molar-refractivity contribution in [2.75, 3.05) is 0 Å². The van der Waals surface area contributed by atoms with Gasteiger partial charge in [-0.25, -0.2) is 0 Å². The van der Waals surface area contributed by atoms with Crippen LogP contribution in [0.3, 0.4) is 0 Å². The average Bonchev–Trinajstić information content (AvgIpc) is 2.39. The fraction of sp³-hybridized carbons (Fsp3) is 0.562. The Morgan fingerprint density at radius 2 is 1.89 bits per heavy atom. The number of primary amides is 1. The molecule has 0 heterocycles. The summed E-state index contributed by atoms with van der Waals surface area (Å²) < 4.78 is 0. The molecule has 2 heteroatoms. The molecule has 2 nitrogen and oxygen atoms in total. The molecule has 1 atom stereocenters. The fourth-order valence-corrected chi connectivity index (χ4v) is 2.47. The first-order chi connectivity index (χ1) is 8.70. The maximum atomic E-state index is 11.4. The van der Waals surface area contributed by atoms with Gasteiger partial charge in [0.15, 0.2) is 0 Å². The van der Waals surface area contributed by atoms with Crippen LogP contribution < -0.4 is 5.73 Å². The van der Waals surface area contributed by atoms with Crippen LogP contribution in [0.2, 0.25) is 0 Å². The molecule has 1 aromatic carbocycles. The van der Waals surface area contributed by atoms with Crippen LogP contribution in [0.4, 0.5) is 0 Å². The number of carbonyl (C=O) groups is 1. The molecule has 0 aliphatic rings. The standard InChI is InChI=1S/C16H25NO/c1-3-5-6-7-10-13(4-2)14-11-8-9-12-15(14)16(17)18/h8-9,11-13H,3-7,10H2,1-2H3,(H2,17,18). The molecule has 2 N–H and O–H groups in total. The first-order valence-corrected chi connectivity index (χ1v) is 7.09. The molecule has 0 radical (unpaired) electrons. The molecule has 1 rings (SSSR count). The van der Waals surface area contributed by atoms with Gasteiger partial charge in [0, 0.05) is 5.56 Å². The summed E-state index contributed by atoms with van der Waals surface area (Å²) in [5, 5.41) is 0. The highest BCUT2D eigenvalue weighted by Crippen LogP contribution is 2.28. The Hall–Kier alpha value is -1.31. The number of carbonyl (C=O) groups excluding carboxylic acids is 1. The van der Waals surface area contributed by atoms with Gasteiger partial charge in [0.05, 0.1) is 0 Å². The predicted octanol–water partition coefficient (Wildman–Crippen LogP) is 4.25. The summed E-state index contributed by atoms with van der Waals surface area (Å²) in [6.07, 6.45) is 7.30. The lowest BCUT2D eigenvalue weighted by Gasteiger charge is -2.17. The quantitative estimate of drug-likeness (QED) is 0.686. The van der Waals surface area contributed by atoms with Gasteiger partial charge in [-0.3, -0.25) is 4.79 Å². The molecular weight excluding hydrogens is 222 g/mol. The van der Waals surface area contributed by atoms with Gasteiger partial charge in [-0.05, 0) is 30.4 Å². The van der Waals surface area contributed by atoms with Gasteiger partial charge in [-0.15, -0.1) is 0 Å². The summed E-state index contributed by atoms with van der Waals surface area (Å²) in [4.78, 5) is 11.4. The zero-order valence-corrected chi connectivity index (χ0v) is 11.6. The normalized spacial score (nSPS) is 12.3. The summed E-state index contributed by atoms with van der Waals surface area (Å²) in [7, 11) is 0. The minimum atomic E-state index is -0.308. The zero-order valence-electron chi connectivity index (χ0n) is 11.6. The molecular formula is C16H25NO. The van der Waals surface area contributed by atoms with Crippen molar-refractivity contribution >= 4 is 5.91 Å². The number of rotatable bonds is 8. The minimum Gasteiger partial charge on any atom is -0.366 e. The highest BCUT2D eigenvalue weighted by Gasteiger charge is 2.15. The van der Waals surface area contributed by atoms with Crippen molar-refractivity contribution in [3.8, 4) is 0 Å². The van der Waals surface area contributed by atoms with Gasteiger partial charge in [0.1, 0.15) is 0 Å². The van der Waals surface area contributed by atoms with E-state index in [1.165, 1.54) is 25.7 Å². The second-order valence-electron chi connectivity index (χ2n) is 4.91. The summed E-state index contributed by atoms with van der Waals surface area (Å²) in [6.45, 7) is 4.40. The smallest absolute Gasteiger partial charge is 0.248 e. The highest BCUT2D eigenvalue weighted by atomic mass is 16.1. The highest BCUT2D eigenvalue weighted by molar-refractivity contribution is 5.94. The first-order valence-electron chi connectivity index (χ1n) is 7.09. The van der Waals surface area contributed by atoms with Crippen molar-refractivity contribution in [2.24, 2.45) is 5.73 Å². The molecule has 0 saturated carbocycles. The Kier molecular flexibility index (Phi) is 6.48. The SMILES string of the molecule is CCCCCCC(CC)c1ccccc1C(N)=O. The van der Waals surface area contributed by atoms with Gasteiger partial charge in [0.2, 0.25) is 5.91 Å². The molecule has 0 spiro atoms. The maximum Gasteiger partial charge on any atom is 0.248 e. The maximum absolute atomic E-state index is 11.4. The Labute approximate surface area is 111 Å². The number of unbranched alkanes of at least 4 members (excludes halogenated alkanes) is 3. The van der Waals surface area contributed by atoms with Crippen LogP contribution in [0.1, 0.15) is 74.2 Å².